The highest BCUT2D eigenvalue weighted by atomic mass is 16.5. The highest BCUT2D eigenvalue weighted by Gasteiger charge is 2.35. The number of hydrogen-bond donors (Lipinski definition) is 1. The van der Waals surface area contributed by atoms with Crippen LogP contribution in [0.2, 0.25) is 0 Å². The number of ether oxygens (including phenoxy) is 1. The monoisotopic (exact) mass is 340 g/mol. The van der Waals surface area contributed by atoms with Crippen molar-refractivity contribution in [1.82, 2.24) is 9.88 Å². The van der Waals surface area contributed by atoms with Crippen molar-refractivity contribution in [1.29, 1.82) is 0 Å². The lowest BCUT2D eigenvalue weighted by Gasteiger charge is -2.34. The van der Waals surface area contributed by atoms with E-state index in [0.29, 0.717) is 17.9 Å². The Labute approximate surface area is 146 Å². The zero-order chi connectivity index (χ0) is 18.0. The van der Waals surface area contributed by atoms with Gasteiger partial charge in [-0.1, -0.05) is 24.3 Å². The van der Waals surface area contributed by atoms with Gasteiger partial charge in [-0.3, -0.25) is 4.79 Å². The molecule has 6 heteroatoms. The molecule has 1 aromatic heterocycles. The first kappa shape index (κ1) is 17.0. The molecule has 0 fully saturated rings. The summed E-state index contributed by atoms with van der Waals surface area (Å²) in [5, 5.41) is 9.54. The molecule has 0 aliphatic carbocycles. The van der Waals surface area contributed by atoms with Gasteiger partial charge in [-0.05, 0) is 31.0 Å². The molecule has 6 nitrogen and oxygen atoms in total. The number of aromatic nitrogens is 1. The fourth-order valence-electron chi connectivity index (χ4n) is 2.94. The lowest BCUT2D eigenvalue weighted by molar-refractivity contribution is -0.142. The zero-order valence-corrected chi connectivity index (χ0v) is 14.2. The van der Waals surface area contributed by atoms with Crippen molar-refractivity contribution in [2.45, 2.75) is 39.0 Å². The van der Waals surface area contributed by atoms with E-state index in [9.17, 15) is 14.7 Å². The van der Waals surface area contributed by atoms with Gasteiger partial charge < -0.3 is 14.7 Å². The fraction of sp³-hybridized carbons (Fsp3) is 0.316. The predicted octanol–water partition coefficient (Wildman–Crippen LogP) is 2.52. The second kappa shape index (κ2) is 6.93. The maximum Gasteiger partial charge on any atom is 0.326 e. The fourth-order valence-corrected chi connectivity index (χ4v) is 2.94. The average Bonchev–Trinajstić information content (AvgIpc) is 2.60. The molecular formula is C19H20N2O4. The Morgan fingerprint density at radius 1 is 1.20 bits per heavy atom. The summed E-state index contributed by atoms with van der Waals surface area (Å²) < 4.78 is 5.47. The van der Waals surface area contributed by atoms with Crippen LogP contribution in [0.4, 0.5) is 0 Å². The van der Waals surface area contributed by atoms with Crippen LogP contribution in [0, 0.1) is 0 Å². The number of nitrogens with zero attached hydrogens (tertiary/aromatic N) is 2. The van der Waals surface area contributed by atoms with Crippen LogP contribution in [0.3, 0.4) is 0 Å². The third kappa shape index (κ3) is 3.63. The Kier molecular flexibility index (Phi) is 4.70. The van der Waals surface area contributed by atoms with E-state index in [4.69, 9.17) is 4.74 Å². The Balaban J connectivity index is 1.85. The largest absolute Gasteiger partial charge is 0.480 e. The standard InChI is InChI=1S/C19H20N2O4/c1-12(2)25-17-8-7-14(10-20-17)18(22)21-11-15-6-4-3-5-13(15)9-16(21)19(23)24/h3-8,10,12,16H,9,11H2,1-2H3,(H,23,24). The van der Waals surface area contributed by atoms with E-state index < -0.39 is 12.0 Å². The van der Waals surface area contributed by atoms with E-state index in [0.717, 1.165) is 11.1 Å². The van der Waals surface area contributed by atoms with Crippen LogP contribution in [0.15, 0.2) is 42.6 Å². The van der Waals surface area contributed by atoms with E-state index in [1.807, 2.05) is 38.1 Å². The number of hydrogen-bond acceptors (Lipinski definition) is 4. The molecule has 0 bridgehead atoms. The van der Waals surface area contributed by atoms with Gasteiger partial charge in [-0.15, -0.1) is 0 Å². The molecule has 0 saturated carbocycles. The molecule has 1 aliphatic rings. The van der Waals surface area contributed by atoms with Gasteiger partial charge in [0.15, 0.2) is 0 Å². The molecule has 1 aromatic carbocycles. The lowest BCUT2D eigenvalue weighted by atomic mass is 9.93. The summed E-state index contributed by atoms with van der Waals surface area (Å²) in [6.07, 6.45) is 1.72. The third-order valence-electron chi connectivity index (χ3n) is 4.13. The zero-order valence-electron chi connectivity index (χ0n) is 14.2. The molecule has 25 heavy (non-hydrogen) atoms. The first-order chi connectivity index (χ1) is 12.0. The van der Waals surface area contributed by atoms with Gasteiger partial charge in [0.05, 0.1) is 11.7 Å². The molecule has 2 aromatic rings. The van der Waals surface area contributed by atoms with Gasteiger partial charge in [0.2, 0.25) is 5.88 Å². The van der Waals surface area contributed by atoms with Gasteiger partial charge in [-0.2, -0.15) is 0 Å². The third-order valence-corrected chi connectivity index (χ3v) is 4.13. The van der Waals surface area contributed by atoms with E-state index in [1.54, 1.807) is 12.1 Å². The smallest absolute Gasteiger partial charge is 0.326 e. The number of fused-ring (bicyclic) bond motifs is 1. The molecule has 1 unspecified atom stereocenters. The first-order valence-corrected chi connectivity index (χ1v) is 8.19. The summed E-state index contributed by atoms with van der Waals surface area (Å²) in [7, 11) is 0. The van der Waals surface area contributed by atoms with Crippen molar-refractivity contribution in [3.63, 3.8) is 0 Å². The van der Waals surface area contributed by atoms with E-state index in [2.05, 4.69) is 4.98 Å². The van der Waals surface area contributed by atoms with Crippen LogP contribution >= 0.6 is 0 Å². The van der Waals surface area contributed by atoms with Crippen LogP contribution in [0.5, 0.6) is 5.88 Å². The van der Waals surface area contributed by atoms with Gasteiger partial charge in [-0.25, -0.2) is 9.78 Å². The second-order valence-corrected chi connectivity index (χ2v) is 6.31. The number of pyridine rings is 1. The van der Waals surface area contributed by atoms with Crippen molar-refractivity contribution in [2.75, 3.05) is 0 Å². The molecular weight excluding hydrogens is 320 g/mol. The second-order valence-electron chi connectivity index (χ2n) is 6.31. The average molecular weight is 340 g/mol. The molecule has 2 heterocycles. The topological polar surface area (TPSA) is 79.7 Å². The quantitative estimate of drug-likeness (QED) is 0.925. The first-order valence-electron chi connectivity index (χ1n) is 8.19. The molecule has 130 valence electrons. The summed E-state index contributed by atoms with van der Waals surface area (Å²) in [6, 6.07) is 9.97. The molecule has 1 atom stereocenters. The number of carbonyl (C=O) groups is 2. The number of amides is 1. The number of benzene rings is 1. The van der Waals surface area contributed by atoms with Crippen LogP contribution in [-0.2, 0) is 17.8 Å². The van der Waals surface area contributed by atoms with E-state index in [1.165, 1.54) is 11.1 Å². The SMILES string of the molecule is CC(C)Oc1ccc(C(=O)N2Cc3ccccc3CC2C(=O)O)cn1. The van der Waals surface area contributed by atoms with Crippen molar-refractivity contribution in [2.24, 2.45) is 0 Å². The van der Waals surface area contributed by atoms with Crippen molar-refractivity contribution < 1.29 is 19.4 Å². The van der Waals surface area contributed by atoms with Gasteiger partial charge in [0.25, 0.3) is 5.91 Å². The molecule has 0 saturated heterocycles. The Bertz CT molecular complexity index is 786. The summed E-state index contributed by atoms with van der Waals surface area (Å²) in [4.78, 5) is 30.0. The molecule has 1 amide bonds. The Morgan fingerprint density at radius 2 is 1.92 bits per heavy atom. The summed E-state index contributed by atoms with van der Waals surface area (Å²) >= 11 is 0. The van der Waals surface area contributed by atoms with Gasteiger partial charge in [0, 0.05) is 25.2 Å². The minimum Gasteiger partial charge on any atom is -0.480 e. The van der Waals surface area contributed by atoms with Crippen LogP contribution in [0.1, 0.15) is 35.3 Å². The normalized spacial score (nSPS) is 16.4. The van der Waals surface area contributed by atoms with Crippen molar-refractivity contribution >= 4 is 11.9 Å². The number of carbonyl (C=O) groups excluding carboxylic acids is 1. The number of rotatable bonds is 4. The molecule has 1 N–H and O–H groups in total. The summed E-state index contributed by atoms with van der Waals surface area (Å²) in [6.45, 7) is 4.06. The van der Waals surface area contributed by atoms with E-state index in [-0.39, 0.29) is 18.6 Å². The van der Waals surface area contributed by atoms with Gasteiger partial charge >= 0.3 is 5.97 Å². The number of carboxylic acids is 1. The Morgan fingerprint density at radius 3 is 2.52 bits per heavy atom. The molecule has 3 rings (SSSR count). The maximum absolute atomic E-state index is 12.8. The van der Waals surface area contributed by atoms with Crippen molar-refractivity contribution in [3.05, 3.63) is 59.3 Å². The molecule has 1 aliphatic heterocycles. The van der Waals surface area contributed by atoms with Crippen LogP contribution in [0.25, 0.3) is 0 Å². The highest BCUT2D eigenvalue weighted by Crippen LogP contribution is 2.25. The molecule has 0 spiro atoms. The minimum absolute atomic E-state index is 0.0101. The number of carboxylic acid groups (broad SMARTS) is 1. The summed E-state index contributed by atoms with van der Waals surface area (Å²) in [5.41, 5.74) is 2.29. The van der Waals surface area contributed by atoms with Gasteiger partial charge in [0.1, 0.15) is 6.04 Å². The van der Waals surface area contributed by atoms with Crippen LogP contribution in [-0.4, -0.2) is 39.0 Å². The lowest BCUT2D eigenvalue weighted by Crippen LogP contribution is -2.48. The van der Waals surface area contributed by atoms with E-state index >= 15 is 0 Å². The minimum atomic E-state index is -1.00. The summed E-state index contributed by atoms with van der Waals surface area (Å²) in [5.74, 6) is -0.911. The number of aliphatic carboxylic acids is 1. The molecule has 0 radical (unpaired) electrons. The Hall–Kier alpha value is -2.89. The highest BCUT2D eigenvalue weighted by molar-refractivity contribution is 5.96. The predicted molar refractivity (Wildman–Crippen MR) is 91.4 cm³/mol. The maximum atomic E-state index is 12.8. The van der Waals surface area contributed by atoms with Crippen LogP contribution < -0.4 is 4.74 Å². The van der Waals surface area contributed by atoms with Crippen molar-refractivity contribution in [3.8, 4) is 5.88 Å².